The van der Waals surface area contributed by atoms with Gasteiger partial charge in [-0.1, -0.05) is 0 Å². The number of carbonyl (C=O) groups is 2. The fourth-order valence-corrected chi connectivity index (χ4v) is 4.31. The van der Waals surface area contributed by atoms with Crippen molar-refractivity contribution in [2.75, 3.05) is 7.11 Å². The lowest BCUT2D eigenvalue weighted by molar-refractivity contribution is -0.127. The smallest absolute Gasteiger partial charge is 0.414 e. The first-order valence-electron chi connectivity index (χ1n) is 9.32. The van der Waals surface area contributed by atoms with Crippen LogP contribution in [0.5, 0.6) is 5.75 Å². The second-order valence-corrected chi connectivity index (χ2v) is 7.85. The summed E-state index contributed by atoms with van der Waals surface area (Å²) in [6.07, 6.45) is -1.41. The number of carbonyl (C=O) groups excluding carboxylic acids is 1. The molecule has 2 aromatic carbocycles. The average Bonchev–Trinajstić information content (AvgIpc) is 3.15. The Labute approximate surface area is 188 Å². The van der Waals surface area contributed by atoms with E-state index in [2.05, 4.69) is 20.9 Å². The molecule has 1 aliphatic rings. The van der Waals surface area contributed by atoms with Crippen LogP contribution in [0.1, 0.15) is 30.3 Å². The molecule has 0 saturated carbocycles. The van der Waals surface area contributed by atoms with Crippen molar-refractivity contribution >= 4 is 38.8 Å². The Morgan fingerprint density at radius 3 is 2.72 bits per heavy atom. The summed E-state index contributed by atoms with van der Waals surface area (Å²) in [4.78, 5) is 42.6. The summed E-state index contributed by atoms with van der Waals surface area (Å²) < 4.78 is 20.8. The maximum Gasteiger partial charge on any atom is 0.414 e. The number of nitriles is 1. The molecule has 11 heteroatoms. The number of likely N-dealkylation sites (tertiary alicyclic amines) is 1. The maximum atomic E-state index is 14.5. The standard InChI is InChI=1S/C21H14BrFN4O5/c1-32-16-4-2-11(8-14(16)23)26-19(15-3-5-17(28)27(15)21(30)31)25-18-12(20(26)29)6-10(9-24)7-13(18)22/h2,4,6-8,15H,3,5H2,1H3,(H,30,31)/t15-/m1/s1. The SMILES string of the molecule is COc1ccc(-n2c([C@H]3CCC(=O)N3C(=O)O)nc3c(Br)cc(C#N)cc3c2=O)cc1F. The maximum absolute atomic E-state index is 14.5. The first-order chi connectivity index (χ1) is 15.3. The van der Waals surface area contributed by atoms with Gasteiger partial charge in [-0.3, -0.25) is 14.2 Å². The zero-order chi connectivity index (χ0) is 23.2. The summed E-state index contributed by atoms with van der Waals surface area (Å²) in [6, 6.07) is 7.53. The molecular formula is C21H14BrFN4O5. The van der Waals surface area contributed by atoms with Gasteiger partial charge < -0.3 is 9.84 Å². The van der Waals surface area contributed by atoms with Crippen LogP contribution in [0.3, 0.4) is 0 Å². The van der Waals surface area contributed by atoms with Crippen molar-refractivity contribution in [3.8, 4) is 17.5 Å². The van der Waals surface area contributed by atoms with Crippen LogP contribution in [0.4, 0.5) is 9.18 Å². The molecule has 4 rings (SSSR count). The number of methoxy groups -OCH3 is 1. The Morgan fingerprint density at radius 1 is 1.34 bits per heavy atom. The van der Waals surface area contributed by atoms with Crippen LogP contribution in [0.15, 0.2) is 39.6 Å². The molecule has 3 aromatic rings. The molecule has 0 radical (unpaired) electrons. The number of hydrogen-bond donors (Lipinski definition) is 1. The van der Waals surface area contributed by atoms with Crippen LogP contribution in [-0.4, -0.2) is 38.7 Å². The Balaban J connectivity index is 2.09. The largest absolute Gasteiger partial charge is 0.494 e. The lowest BCUT2D eigenvalue weighted by Crippen LogP contribution is -2.36. The Hall–Kier alpha value is -3.78. The second kappa shape index (κ2) is 8.05. The third-order valence-corrected chi connectivity index (χ3v) is 5.80. The minimum Gasteiger partial charge on any atom is -0.494 e. The van der Waals surface area contributed by atoms with Crippen molar-refractivity contribution < 1.29 is 23.8 Å². The molecule has 162 valence electrons. The van der Waals surface area contributed by atoms with Gasteiger partial charge in [-0.2, -0.15) is 5.26 Å². The minimum atomic E-state index is -1.47. The fourth-order valence-electron chi connectivity index (χ4n) is 3.76. The van der Waals surface area contributed by atoms with Gasteiger partial charge in [0.15, 0.2) is 11.6 Å². The van der Waals surface area contributed by atoms with Gasteiger partial charge in [0.2, 0.25) is 5.91 Å². The summed E-state index contributed by atoms with van der Waals surface area (Å²) in [6.45, 7) is 0. The molecule has 0 spiro atoms. The van der Waals surface area contributed by atoms with Crippen LogP contribution in [0.25, 0.3) is 16.6 Å². The van der Waals surface area contributed by atoms with Gasteiger partial charge >= 0.3 is 6.09 Å². The van der Waals surface area contributed by atoms with E-state index in [1.807, 2.05) is 6.07 Å². The van der Waals surface area contributed by atoms with E-state index in [0.29, 0.717) is 9.37 Å². The normalized spacial score (nSPS) is 15.8. The number of aromatic nitrogens is 2. The third kappa shape index (κ3) is 3.38. The van der Waals surface area contributed by atoms with Crippen molar-refractivity contribution in [3.63, 3.8) is 0 Å². The number of nitrogens with zero attached hydrogens (tertiary/aromatic N) is 4. The van der Waals surface area contributed by atoms with E-state index in [-0.39, 0.29) is 46.6 Å². The van der Waals surface area contributed by atoms with E-state index in [9.17, 15) is 29.1 Å². The first-order valence-corrected chi connectivity index (χ1v) is 10.1. The topological polar surface area (TPSA) is 126 Å². The highest BCUT2D eigenvalue weighted by molar-refractivity contribution is 9.10. The molecule has 0 unspecified atom stereocenters. The van der Waals surface area contributed by atoms with E-state index in [1.54, 1.807) is 0 Å². The predicted molar refractivity (Wildman–Crippen MR) is 113 cm³/mol. The number of imide groups is 1. The van der Waals surface area contributed by atoms with Crippen LogP contribution >= 0.6 is 15.9 Å². The molecule has 32 heavy (non-hydrogen) atoms. The molecular weight excluding hydrogens is 487 g/mol. The summed E-state index contributed by atoms with van der Waals surface area (Å²) in [5.41, 5.74) is -0.177. The number of halogens is 2. The number of benzene rings is 2. The Bertz CT molecular complexity index is 1400. The molecule has 0 bridgehead atoms. The Kier molecular flexibility index (Phi) is 5.40. The van der Waals surface area contributed by atoms with E-state index >= 15 is 0 Å². The zero-order valence-corrected chi connectivity index (χ0v) is 18.1. The van der Waals surface area contributed by atoms with Gasteiger partial charge in [0.05, 0.1) is 35.3 Å². The highest BCUT2D eigenvalue weighted by atomic mass is 79.9. The van der Waals surface area contributed by atoms with Gasteiger partial charge in [0, 0.05) is 17.0 Å². The monoisotopic (exact) mass is 500 g/mol. The van der Waals surface area contributed by atoms with E-state index < -0.39 is 29.4 Å². The average molecular weight is 501 g/mol. The number of carboxylic acid groups (broad SMARTS) is 1. The lowest BCUT2D eigenvalue weighted by Gasteiger charge is -2.23. The molecule has 1 atom stereocenters. The highest BCUT2D eigenvalue weighted by Gasteiger charge is 2.40. The molecule has 1 fully saturated rings. The molecule has 9 nitrogen and oxygen atoms in total. The van der Waals surface area contributed by atoms with Crippen molar-refractivity contribution in [2.45, 2.75) is 18.9 Å². The summed E-state index contributed by atoms with van der Waals surface area (Å²) in [5.74, 6) is -1.45. The number of rotatable bonds is 3. The second-order valence-electron chi connectivity index (χ2n) is 7.00. The van der Waals surface area contributed by atoms with Crippen molar-refractivity contribution in [1.29, 1.82) is 5.26 Å². The molecule has 2 amide bonds. The molecule has 0 aliphatic carbocycles. The highest BCUT2D eigenvalue weighted by Crippen LogP contribution is 2.34. The molecule has 1 aliphatic heterocycles. The van der Waals surface area contributed by atoms with Crippen molar-refractivity contribution in [3.05, 3.63) is 62.4 Å². The molecule has 1 N–H and O–H groups in total. The lowest BCUT2D eigenvalue weighted by atomic mass is 10.1. The van der Waals surface area contributed by atoms with E-state index in [0.717, 1.165) is 10.6 Å². The summed E-state index contributed by atoms with van der Waals surface area (Å²) >= 11 is 3.30. The van der Waals surface area contributed by atoms with Gasteiger partial charge in [-0.15, -0.1) is 0 Å². The first kappa shape index (κ1) is 21.5. The summed E-state index contributed by atoms with van der Waals surface area (Å²) in [7, 11) is 1.29. The number of amides is 2. The van der Waals surface area contributed by atoms with E-state index in [1.165, 1.54) is 31.4 Å². The van der Waals surface area contributed by atoms with Crippen molar-refractivity contribution in [2.24, 2.45) is 0 Å². The molecule has 1 saturated heterocycles. The number of ether oxygens (including phenoxy) is 1. The Morgan fingerprint density at radius 2 is 2.09 bits per heavy atom. The third-order valence-electron chi connectivity index (χ3n) is 5.19. The zero-order valence-electron chi connectivity index (χ0n) is 16.5. The van der Waals surface area contributed by atoms with Gasteiger partial charge in [0.25, 0.3) is 5.56 Å². The fraction of sp³-hybridized carbons (Fsp3) is 0.190. The number of fused-ring (bicyclic) bond motifs is 1. The van der Waals surface area contributed by atoms with Crippen LogP contribution in [-0.2, 0) is 4.79 Å². The summed E-state index contributed by atoms with van der Waals surface area (Å²) in [5, 5.41) is 18.9. The van der Waals surface area contributed by atoms with E-state index in [4.69, 9.17) is 4.74 Å². The molecule has 2 heterocycles. The van der Waals surface area contributed by atoms with Gasteiger partial charge in [-0.25, -0.2) is 19.1 Å². The van der Waals surface area contributed by atoms with Crippen LogP contribution in [0, 0.1) is 17.1 Å². The minimum absolute atomic E-state index is 0.0364. The van der Waals surface area contributed by atoms with Crippen LogP contribution in [0.2, 0.25) is 0 Å². The predicted octanol–water partition coefficient (Wildman–Crippen LogP) is 3.51. The van der Waals surface area contributed by atoms with Crippen LogP contribution < -0.4 is 10.3 Å². The molecule has 1 aromatic heterocycles. The quantitative estimate of drug-likeness (QED) is 0.582. The van der Waals surface area contributed by atoms with Gasteiger partial charge in [0.1, 0.15) is 11.9 Å². The number of hydrogen-bond acceptors (Lipinski definition) is 6. The van der Waals surface area contributed by atoms with Crippen molar-refractivity contribution in [1.82, 2.24) is 14.5 Å². The van der Waals surface area contributed by atoms with Gasteiger partial charge in [-0.05, 0) is 46.6 Å².